The van der Waals surface area contributed by atoms with Gasteiger partial charge in [0.15, 0.2) is 0 Å². The smallest absolute Gasteiger partial charge is 0.410 e. The maximum absolute atomic E-state index is 11.9. The van der Waals surface area contributed by atoms with E-state index in [1.807, 2.05) is 0 Å². The van der Waals surface area contributed by atoms with E-state index in [1.165, 1.54) is 6.08 Å². The van der Waals surface area contributed by atoms with Gasteiger partial charge in [-0.05, 0) is 18.1 Å². The standard InChI is InChI=1S/C9H10F3NO2.H2/c10-9(11,12)15-8-3-1-2-7(4-8)5-13-6-14;/h2,4,6H,1,3,5H2,(H,13,14);1H. The Kier molecular flexibility index (Phi) is 3.76. The zero-order valence-corrected chi connectivity index (χ0v) is 7.80. The topological polar surface area (TPSA) is 38.3 Å². The molecule has 0 spiro atoms. The van der Waals surface area contributed by atoms with E-state index >= 15 is 0 Å². The summed E-state index contributed by atoms with van der Waals surface area (Å²) in [5.41, 5.74) is 0.618. The number of hydrogen-bond acceptors (Lipinski definition) is 2. The lowest BCUT2D eigenvalue weighted by Crippen LogP contribution is -2.17. The Hall–Kier alpha value is -1.46. The minimum atomic E-state index is -4.65. The SMILES string of the molecule is O=CNCC1=CCCC(OC(F)(F)F)=C1.[HH]. The number of nitrogens with one attached hydrogen (secondary N) is 1. The highest BCUT2D eigenvalue weighted by atomic mass is 19.4. The molecule has 0 aromatic carbocycles. The number of alkyl halides is 3. The van der Waals surface area contributed by atoms with Gasteiger partial charge in [-0.2, -0.15) is 0 Å². The zero-order chi connectivity index (χ0) is 11.3. The van der Waals surface area contributed by atoms with E-state index in [1.54, 1.807) is 6.08 Å². The number of halogens is 3. The van der Waals surface area contributed by atoms with Crippen molar-refractivity contribution in [2.24, 2.45) is 0 Å². The molecule has 0 atom stereocenters. The van der Waals surface area contributed by atoms with Crippen molar-refractivity contribution in [2.75, 3.05) is 6.54 Å². The van der Waals surface area contributed by atoms with Gasteiger partial charge in [-0.1, -0.05) is 6.08 Å². The first-order valence-corrected chi connectivity index (χ1v) is 4.33. The van der Waals surface area contributed by atoms with E-state index in [-0.39, 0.29) is 20.2 Å². The van der Waals surface area contributed by atoms with Crippen molar-refractivity contribution in [1.29, 1.82) is 0 Å². The van der Waals surface area contributed by atoms with Crippen LogP contribution in [0.5, 0.6) is 0 Å². The average molecular weight is 223 g/mol. The highest BCUT2D eigenvalue weighted by molar-refractivity contribution is 5.47. The minimum Gasteiger partial charge on any atom is -0.410 e. The van der Waals surface area contributed by atoms with E-state index in [2.05, 4.69) is 10.1 Å². The molecular formula is C9H12F3NO2. The van der Waals surface area contributed by atoms with Gasteiger partial charge in [0.05, 0.1) is 0 Å². The Bertz CT molecular complexity index is 300. The van der Waals surface area contributed by atoms with E-state index < -0.39 is 6.36 Å². The second-order valence-electron chi connectivity index (χ2n) is 2.97. The normalized spacial score (nSPS) is 16.5. The molecule has 0 bridgehead atoms. The first-order chi connectivity index (χ1) is 7.01. The molecule has 15 heavy (non-hydrogen) atoms. The summed E-state index contributed by atoms with van der Waals surface area (Å²) in [7, 11) is 0. The van der Waals surface area contributed by atoms with Crippen LogP contribution in [0.4, 0.5) is 13.2 Å². The summed E-state index contributed by atoms with van der Waals surface area (Å²) < 4.78 is 39.4. The first kappa shape index (κ1) is 11.6. The third-order valence-corrected chi connectivity index (χ3v) is 1.78. The van der Waals surface area contributed by atoms with Gasteiger partial charge in [0.1, 0.15) is 5.76 Å². The summed E-state index contributed by atoms with van der Waals surface area (Å²) in [6, 6.07) is 0. The molecule has 1 N–H and O–H groups in total. The predicted molar refractivity (Wildman–Crippen MR) is 48.7 cm³/mol. The molecule has 3 nitrogen and oxygen atoms in total. The van der Waals surface area contributed by atoms with Crippen LogP contribution in [0.2, 0.25) is 0 Å². The molecule has 1 amide bonds. The number of hydrogen-bond donors (Lipinski definition) is 1. The van der Waals surface area contributed by atoms with Gasteiger partial charge in [-0.3, -0.25) is 4.79 Å². The summed E-state index contributed by atoms with van der Waals surface area (Å²) in [4.78, 5) is 9.99. The first-order valence-electron chi connectivity index (χ1n) is 4.33. The molecule has 0 unspecified atom stereocenters. The van der Waals surface area contributed by atoms with Gasteiger partial charge in [0.2, 0.25) is 6.41 Å². The molecule has 0 aromatic heterocycles. The lowest BCUT2D eigenvalue weighted by molar-refractivity contribution is -0.306. The summed E-state index contributed by atoms with van der Waals surface area (Å²) in [5.74, 6) is -0.118. The van der Waals surface area contributed by atoms with Gasteiger partial charge in [-0.25, -0.2) is 0 Å². The van der Waals surface area contributed by atoms with Crippen molar-refractivity contribution in [1.82, 2.24) is 5.32 Å². The van der Waals surface area contributed by atoms with Gasteiger partial charge in [-0.15, -0.1) is 13.2 Å². The highest BCUT2D eigenvalue weighted by Crippen LogP contribution is 2.26. The molecule has 1 aliphatic carbocycles. The molecule has 0 fully saturated rings. The summed E-state index contributed by atoms with van der Waals surface area (Å²) in [6.07, 6.45) is -0.380. The average Bonchev–Trinajstić information content (AvgIpc) is 2.12. The Morgan fingerprint density at radius 3 is 2.93 bits per heavy atom. The summed E-state index contributed by atoms with van der Waals surface area (Å²) >= 11 is 0. The van der Waals surface area contributed by atoms with Crippen LogP contribution in [0.3, 0.4) is 0 Å². The maximum Gasteiger partial charge on any atom is 0.572 e. The fraction of sp³-hybridized carbons (Fsp3) is 0.444. The van der Waals surface area contributed by atoms with Crippen LogP contribution in [0.1, 0.15) is 14.3 Å². The number of allylic oxidation sites excluding steroid dienone is 2. The third kappa shape index (κ3) is 4.53. The minimum absolute atomic E-state index is 0. The molecule has 0 saturated carbocycles. The Morgan fingerprint density at radius 2 is 2.33 bits per heavy atom. The fourth-order valence-corrected chi connectivity index (χ4v) is 1.25. The van der Waals surface area contributed by atoms with Crippen LogP contribution in [-0.4, -0.2) is 19.3 Å². The molecule has 86 valence electrons. The Balaban J connectivity index is 0.00000225. The van der Waals surface area contributed by atoms with Crippen LogP contribution in [-0.2, 0) is 9.53 Å². The molecule has 0 radical (unpaired) electrons. The molecule has 1 aliphatic rings. The van der Waals surface area contributed by atoms with Crippen molar-refractivity contribution in [2.45, 2.75) is 19.2 Å². The number of rotatable bonds is 4. The summed E-state index contributed by atoms with van der Waals surface area (Å²) in [5, 5.41) is 2.37. The lowest BCUT2D eigenvalue weighted by Gasteiger charge is -2.16. The molecule has 0 heterocycles. The second kappa shape index (κ2) is 4.86. The molecule has 1 rings (SSSR count). The van der Waals surface area contributed by atoms with E-state index in [9.17, 15) is 18.0 Å². The molecule has 0 aliphatic heterocycles. The van der Waals surface area contributed by atoms with Gasteiger partial charge in [0, 0.05) is 14.4 Å². The number of carbonyl (C=O) groups is 1. The molecular weight excluding hydrogens is 211 g/mol. The quantitative estimate of drug-likeness (QED) is 0.741. The van der Waals surface area contributed by atoms with Crippen molar-refractivity contribution < 1.29 is 24.1 Å². The molecule has 6 heteroatoms. The van der Waals surface area contributed by atoms with Gasteiger partial charge in [0.25, 0.3) is 0 Å². The number of carbonyl (C=O) groups excluding carboxylic acids is 1. The van der Waals surface area contributed by atoms with Crippen molar-refractivity contribution in [3.8, 4) is 0 Å². The van der Waals surface area contributed by atoms with E-state index in [0.717, 1.165) is 0 Å². The van der Waals surface area contributed by atoms with Crippen molar-refractivity contribution in [3.05, 3.63) is 23.5 Å². The van der Waals surface area contributed by atoms with Crippen LogP contribution >= 0.6 is 0 Å². The Labute approximate surface area is 86.1 Å². The highest BCUT2D eigenvalue weighted by Gasteiger charge is 2.32. The Morgan fingerprint density at radius 1 is 1.60 bits per heavy atom. The predicted octanol–water partition coefficient (Wildman–Crippen LogP) is 2.12. The van der Waals surface area contributed by atoms with Crippen LogP contribution in [0.25, 0.3) is 0 Å². The zero-order valence-electron chi connectivity index (χ0n) is 7.80. The molecule has 0 aromatic rings. The summed E-state index contributed by atoms with van der Waals surface area (Å²) in [6.45, 7) is 0.216. The van der Waals surface area contributed by atoms with Crippen LogP contribution < -0.4 is 5.32 Å². The number of amides is 1. The fourth-order valence-electron chi connectivity index (χ4n) is 1.25. The maximum atomic E-state index is 11.9. The lowest BCUT2D eigenvalue weighted by atomic mass is 10.1. The van der Waals surface area contributed by atoms with Crippen molar-refractivity contribution >= 4 is 6.41 Å². The van der Waals surface area contributed by atoms with E-state index in [4.69, 9.17) is 0 Å². The van der Waals surface area contributed by atoms with Crippen LogP contribution in [0.15, 0.2) is 23.5 Å². The number of ether oxygens (including phenoxy) is 1. The largest absolute Gasteiger partial charge is 0.572 e. The van der Waals surface area contributed by atoms with Gasteiger partial charge >= 0.3 is 6.36 Å². The van der Waals surface area contributed by atoms with E-state index in [0.29, 0.717) is 18.4 Å². The second-order valence-corrected chi connectivity index (χ2v) is 2.97. The molecule has 0 saturated heterocycles. The third-order valence-electron chi connectivity index (χ3n) is 1.78. The van der Waals surface area contributed by atoms with Crippen LogP contribution in [0, 0.1) is 0 Å². The monoisotopic (exact) mass is 223 g/mol. The van der Waals surface area contributed by atoms with Gasteiger partial charge < -0.3 is 10.1 Å². The van der Waals surface area contributed by atoms with Crippen molar-refractivity contribution in [3.63, 3.8) is 0 Å².